The number of ketones is 1. The summed E-state index contributed by atoms with van der Waals surface area (Å²) in [5.41, 5.74) is 0.309. The van der Waals surface area contributed by atoms with Gasteiger partial charge in [0.1, 0.15) is 5.75 Å². The van der Waals surface area contributed by atoms with Crippen LogP contribution in [0.5, 0.6) is 0 Å². The summed E-state index contributed by atoms with van der Waals surface area (Å²) in [4.78, 5) is 11.3. The van der Waals surface area contributed by atoms with Gasteiger partial charge in [-0.3, -0.25) is 4.79 Å². The normalized spacial score (nSPS) is 18.7. The number of carbonyl (C=O) groups excluding carboxylic acids is 1. The fourth-order valence-corrected chi connectivity index (χ4v) is 3.30. The SMILES string of the molecule is O=C1CS(=O)(=O)c2cc(Br)ccc21. The van der Waals surface area contributed by atoms with Gasteiger partial charge in [0.2, 0.25) is 0 Å². The molecule has 68 valence electrons. The predicted octanol–water partition coefficient (Wildman–Crippen LogP) is 1.42. The quantitative estimate of drug-likeness (QED) is 0.709. The van der Waals surface area contributed by atoms with Gasteiger partial charge in [-0.1, -0.05) is 15.9 Å². The molecule has 3 nitrogen and oxygen atoms in total. The maximum absolute atomic E-state index is 11.4. The minimum atomic E-state index is -3.36. The molecule has 0 spiro atoms. The molecule has 1 aromatic rings. The van der Waals surface area contributed by atoms with Crippen LogP contribution in [-0.2, 0) is 9.84 Å². The van der Waals surface area contributed by atoms with Crippen molar-refractivity contribution in [2.45, 2.75) is 4.90 Å². The lowest BCUT2D eigenvalue weighted by Crippen LogP contribution is -2.03. The molecule has 0 radical (unpaired) electrons. The van der Waals surface area contributed by atoms with Crippen molar-refractivity contribution in [2.24, 2.45) is 0 Å². The second-order valence-electron chi connectivity index (χ2n) is 2.82. The Morgan fingerprint density at radius 2 is 2.00 bits per heavy atom. The number of hydrogen-bond acceptors (Lipinski definition) is 3. The number of carbonyl (C=O) groups is 1. The Labute approximate surface area is 83.8 Å². The van der Waals surface area contributed by atoms with E-state index in [4.69, 9.17) is 0 Å². The molecule has 5 heteroatoms. The van der Waals surface area contributed by atoms with Crippen molar-refractivity contribution in [1.82, 2.24) is 0 Å². The summed E-state index contributed by atoms with van der Waals surface area (Å²) in [5.74, 6) is -0.707. The molecule has 0 saturated carbocycles. The Hall–Kier alpha value is -0.680. The molecule has 0 unspecified atom stereocenters. The summed E-state index contributed by atoms with van der Waals surface area (Å²) in [6, 6.07) is 4.67. The minimum absolute atomic E-state index is 0.145. The van der Waals surface area contributed by atoms with E-state index in [0.29, 0.717) is 10.0 Å². The zero-order chi connectivity index (χ0) is 9.64. The molecule has 0 aliphatic carbocycles. The van der Waals surface area contributed by atoms with E-state index in [2.05, 4.69) is 15.9 Å². The highest BCUT2D eigenvalue weighted by Gasteiger charge is 2.32. The third kappa shape index (κ3) is 1.32. The van der Waals surface area contributed by atoms with Gasteiger partial charge in [0, 0.05) is 10.0 Å². The predicted molar refractivity (Wildman–Crippen MR) is 50.5 cm³/mol. The second-order valence-corrected chi connectivity index (χ2v) is 5.70. The lowest BCUT2D eigenvalue weighted by atomic mass is 10.2. The smallest absolute Gasteiger partial charge is 0.186 e. The van der Waals surface area contributed by atoms with Gasteiger partial charge in [0.25, 0.3) is 0 Å². The van der Waals surface area contributed by atoms with E-state index >= 15 is 0 Å². The topological polar surface area (TPSA) is 51.2 Å². The van der Waals surface area contributed by atoms with Crippen molar-refractivity contribution in [2.75, 3.05) is 5.75 Å². The van der Waals surface area contributed by atoms with Crippen LogP contribution in [0.15, 0.2) is 27.6 Å². The minimum Gasteiger partial charge on any atom is -0.293 e. The Balaban J connectivity index is 2.81. The number of Topliss-reactive ketones (excluding diaryl/α,β-unsaturated/α-hetero) is 1. The van der Waals surface area contributed by atoms with Crippen LogP contribution in [0.2, 0.25) is 0 Å². The first-order chi connectivity index (χ1) is 6.00. The van der Waals surface area contributed by atoms with E-state index in [1.807, 2.05) is 0 Å². The standard InChI is InChI=1S/C8H5BrO3S/c9-5-1-2-6-7(10)4-13(11,12)8(6)3-5/h1-3H,4H2. The van der Waals surface area contributed by atoms with Crippen LogP contribution < -0.4 is 0 Å². The highest BCUT2D eigenvalue weighted by molar-refractivity contribution is 9.10. The number of benzene rings is 1. The number of hydrogen-bond donors (Lipinski definition) is 0. The molecule has 1 aliphatic rings. The van der Waals surface area contributed by atoms with Gasteiger partial charge < -0.3 is 0 Å². The summed E-state index contributed by atoms with van der Waals surface area (Å²) in [5, 5.41) is 0. The first-order valence-corrected chi connectivity index (χ1v) is 6.01. The van der Waals surface area contributed by atoms with E-state index < -0.39 is 15.6 Å². The summed E-state index contributed by atoms with van der Waals surface area (Å²) >= 11 is 3.16. The van der Waals surface area contributed by atoms with Crippen molar-refractivity contribution in [3.63, 3.8) is 0 Å². The molecule has 0 saturated heterocycles. The maximum Gasteiger partial charge on any atom is 0.186 e. The molecule has 0 fully saturated rings. The van der Waals surface area contributed by atoms with Crippen molar-refractivity contribution >= 4 is 31.6 Å². The van der Waals surface area contributed by atoms with Gasteiger partial charge in [-0.15, -0.1) is 0 Å². The highest BCUT2D eigenvalue weighted by atomic mass is 79.9. The van der Waals surface area contributed by atoms with E-state index in [1.165, 1.54) is 12.1 Å². The van der Waals surface area contributed by atoms with Crippen molar-refractivity contribution in [3.8, 4) is 0 Å². The molecule has 1 aliphatic heterocycles. The summed E-state index contributed by atoms with van der Waals surface area (Å²) in [7, 11) is -3.36. The summed E-state index contributed by atoms with van der Waals surface area (Å²) < 4.78 is 23.4. The monoisotopic (exact) mass is 260 g/mol. The van der Waals surface area contributed by atoms with E-state index in [9.17, 15) is 13.2 Å². The van der Waals surface area contributed by atoms with Crippen molar-refractivity contribution in [3.05, 3.63) is 28.2 Å². The molecule has 1 heterocycles. The molecular formula is C8H5BrO3S. The zero-order valence-corrected chi connectivity index (χ0v) is 8.85. The van der Waals surface area contributed by atoms with Gasteiger partial charge in [-0.25, -0.2) is 8.42 Å². The number of sulfone groups is 1. The lowest BCUT2D eigenvalue weighted by Gasteiger charge is -1.96. The molecule has 0 atom stereocenters. The van der Waals surface area contributed by atoms with Crippen LogP contribution in [0, 0.1) is 0 Å². The van der Waals surface area contributed by atoms with Gasteiger partial charge in [-0.05, 0) is 18.2 Å². The molecular weight excluding hydrogens is 256 g/mol. The Kier molecular flexibility index (Phi) is 1.82. The molecule has 13 heavy (non-hydrogen) atoms. The maximum atomic E-state index is 11.4. The molecule has 1 aromatic carbocycles. The first-order valence-electron chi connectivity index (χ1n) is 3.56. The summed E-state index contributed by atoms with van der Waals surface area (Å²) in [6.07, 6.45) is 0. The Morgan fingerprint density at radius 1 is 1.31 bits per heavy atom. The number of rotatable bonds is 0. The van der Waals surface area contributed by atoms with E-state index in [1.54, 1.807) is 6.07 Å². The van der Waals surface area contributed by atoms with Crippen LogP contribution in [0.4, 0.5) is 0 Å². The van der Waals surface area contributed by atoms with Crippen molar-refractivity contribution < 1.29 is 13.2 Å². The van der Waals surface area contributed by atoms with Crippen molar-refractivity contribution in [1.29, 1.82) is 0 Å². The van der Waals surface area contributed by atoms with Crippen LogP contribution in [0.3, 0.4) is 0 Å². The third-order valence-electron chi connectivity index (χ3n) is 1.90. The first kappa shape index (κ1) is 8.90. The molecule has 0 bridgehead atoms. The van der Waals surface area contributed by atoms with Crippen LogP contribution in [0.25, 0.3) is 0 Å². The zero-order valence-electron chi connectivity index (χ0n) is 6.45. The fourth-order valence-electron chi connectivity index (χ4n) is 1.31. The summed E-state index contributed by atoms with van der Waals surface area (Å²) in [6.45, 7) is 0. The average molecular weight is 261 g/mol. The van der Waals surface area contributed by atoms with Crippen LogP contribution in [-0.4, -0.2) is 20.0 Å². The second kappa shape index (κ2) is 2.65. The Bertz CT molecular complexity index is 490. The Morgan fingerprint density at radius 3 is 2.69 bits per heavy atom. The van der Waals surface area contributed by atoms with Crippen LogP contribution in [0.1, 0.15) is 10.4 Å². The fraction of sp³-hybridized carbons (Fsp3) is 0.125. The molecule has 0 N–H and O–H groups in total. The molecule has 0 aromatic heterocycles. The van der Waals surface area contributed by atoms with Gasteiger partial charge in [0.05, 0.1) is 4.90 Å². The van der Waals surface area contributed by atoms with Gasteiger partial charge in [0.15, 0.2) is 15.6 Å². The van der Waals surface area contributed by atoms with E-state index in [0.717, 1.165) is 0 Å². The van der Waals surface area contributed by atoms with E-state index in [-0.39, 0.29) is 10.7 Å². The largest absolute Gasteiger partial charge is 0.293 e. The number of fused-ring (bicyclic) bond motifs is 1. The highest BCUT2D eigenvalue weighted by Crippen LogP contribution is 2.28. The lowest BCUT2D eigenvalue weighted by molar-refractivity contribution is 0.102. The van der Waals surface area contributed by atoms with Gasteiger partial charge in [-0.2, -0.15) is 0 Å². The average Bonchev–Trinajstić information content (AvgIpc) is 2.23. The third-order valence-corrected chi connectivity index (χ3v) is 4.04. The van der Waals surface area contributed by atoms with Crippen LogP contribution >= 0.6 is 15.9 Å². The molecule has 0 amide bonds. The van der Waals surface area contributed by atoms with Gasteiger partial charge >= 0.3 is 0 Å². The molecule has 2 rings (SSSR count). The number of halogens is 1.